The normalized spacial score (nSPS) is 11.2. The minimum Gasteiger partial charge on any atom is -0.332 e. The summed E-state index contributed by atoms with van der Waals surface area (Å²) in [6.07, 6.45) is 3.27. The van der Waals surface area contributed by atoms with Crippen LogP contribution in [0.25, 0.3) is 22.6 Å². The van der Waals surface area contributed by atoms with Crippen LogP contribution >= 0.6 is 0 Å². The van der Waals surface area contributed by atoms with Crippen molar-refractivity contribution in [2.24, 2.45) is 14.1 Å². The van der Waals surface area contributed by atoms with Crippen LogP contribution in [0.3, 0.4) is 0 Å². The molecule has 4 rings (SSSR count). The number of imidazole rings is 1. The maximum absolute atomic E-state index is 12.3. The van der Waals surface area contributed by atoms with Crippen LogP contribution in [0.2, 0.25) is 0 Å². The molecule has 3 aromatic heterocycles. The summed E-state index contributed by atoms with van der Waals surface area (Å²) in [6, 6.07) is 6.31. The van der Waals surface area contributed by atoms with Crippen LogP contribution in [0.1, 0.15) is 5.56 Å². The average molecular weight is 381 g/mol. The van der Waals surface area contributed by atoms with Crippen LogP contribution < -0.4 is 11.2 Å². The number of aromatic nitrogens is 6. The van der Waals surface area contributed by atoms with Crippen LogP contribution in [0.4, 0.5) is 5.69 Å². The molecular formula is C17H15N7O4. The molecule has 4 aromatic rings. The molecule has 1 aromatic carbocycles. The molecule has 0 aliphatic carbocycles. The van der Waals surface area contributed by atoms with Crippen molar-refractivity contribution in [2.75, 3.05) is 0 Å². The summed E-state index contributed by atoms with van der Waals surface area (Å²) < 4.78 is 3.92. The largest absolute Gasteiger partial charge is 0.332 e. The van der Waals surface area contributed by atoms with Gasteiger partial charge in [-0.3, -0.25) is 28.7 Å². The molecule has 0 saturated heterocycles. The number of non-ortho nitro benzene ring substituents is 1. The highest BCUT2D eigenvalue weighted by atomic mass is 16.6. The van der Waals surface area contributed by atoms with Crippen molar-refractivity contribution < 1.29 is 4.92 Å². The van der Waals surface area contributed by atoms with Gasteiger partial charge in [-0.2, -0.15) is 5.10 Å². The highest BCUT2D eigenvalue weighted by Crippen LogP contribution is 2.19. The molecule has 11 nitrogen and oxygen atoms in total. The van der Waals surface area contributed by atoms with Crippen molar-refractivity contribution >= 4 is 16.9 Å². The van der Waals surface area contributed by atoms with Gasteiger partial charge in [0.15, 0.2) is 5.65 Å². The fourth-order valence-electron chi connectivity index (χ4n) is 2.99. The number of fused-ring (bicyclic) bond motifs is 1. The molecule has 0 amide bonds. The second-order valence-corrected chi connectivity index (χ2v) is 6.34. The zero-order chi connectivity index (χ0) is 20.0. The number of nitro groups is 1. The Morgan fingerprint density at radius 3 is 2.75 bits per heavy atom. The summed E-state index contributed by atoms with van der Waals surface area (Å²) in [5.41, 5.74) is 0.929. The Bertz CT molecular complexity index is 1340. The van der Waals surface area contributed by atoms with Gasteiger partial charge in [-0.25, -0.2) is 9.78 Å². The fourth-order valence-corrected chi connectivity index (χ4v) is 2.99. The number of nitrogens with zero attached hydrogens (tertiary/aromatic N) is 6. The van der Waals surface area contributed by atoms with Crippen LogP contribution in [-0.2, 0) is 20.6 Å². The molecule has 0 atom stereocenters. The van der Waals surface area contributed by atoms with E-state index in [4.69, 9.17) is 0 Å². The summed E-state index contributed by atoms with van der Waals surface area (Å²) in [6.45, 7) is 0.335. The Morgan fingerprint density at radius 2 is 2.00 bits per heavy atom. The van der Waals surface area contributed by atoms with Gasteiger partial charge in [-0.15, -0.1) is 0 Å². The summed E-state index contributed by atoms with van der Waals surface area (Å²) in [5.74, 6) is 0.401. The summed E-state index contributed by atoms with van der Waals surface area (Å²) in [5, 5.41) is 15.1. The van der Waals surface area contributed by atoms with E-state index in [2.05, 4.69) is 15.1 Å². The first-order valence-corrected chi connectivity index (χ1v) is 8.27. The molecule has 0 unspecified atom stereocenters. The van der Waals surface area contributed by atoms with Gasteiger partial charge in [0.1, 0.15) is 11.3 Å². The van der Waals surface area contributed by atoms with E-state index in [0.29, 0.717) is 17.9 Å². The third-order valence-corrected chi connectivity index (χ3v) is 4.47. The number of nitrogens with one attached hydrogen (secondary N) is 1. The first kappa shape index (κ1) is 17.4. The molecule has 0 saturated carbocycles. The van der Waals surface area contributed by atoms with Gasteiger partial charge in [-0.1, -0.05) is 12.1 Å². The van der Waals surface area contributed by atoms with Crippen LogP contribution in [0, 0.1) is 10.1 Å². The highest BCUT2D eigenvalue weighted by molar-refractivity contribution is 5.75. The molecule has 11 heteroatoms. The second-order valence-electron chi connectivity index (χ2n) is 6.34. The van der Waals surface area contributed by atoms with Gasteiger partial charge in [0.2, 0.25) is 0 Å². The van der Waals surface area contributed by atoms with E-state index in [0.717, 1.165) is 10.1 Å². The number of aromatic amines is 1. The predicted molar refractivity (Wildman–Crippen MR) is 100.0 cm³/mol. The topological polar surface area (TPSA) is 134 Å². The molecule has 3 heterocycles. The van der Waals surface area contributed by atoms with Crippen molar-refractivity contribution in [3.63, 3.8) is 0 Å². The molecule has 0 bridgehead atoms. The quantitative estimate of drug-likeness (QED) is 0.410. The Morgan fingerprint density at radius 1 is 1.21 bits per heavy atom. The van der Waals surface area contributed by atoms with Gasteiger partial charge < -0.3 is 4.98 Å². The second kappa shape index (κ2) is 6.30. The van der Waals surface area contributed by atoms with Gasteiger partial charge in [0, 0.05) is 32.4 Å². The number of rotatable bonds is 4. The Kier molecular flexibility index (Phi) is 3.91. The lowest BCUT2D eigenvalue weighted by Crippen LogP contribution is -2.36. The van der Waals surface area contributed by atoms with E-state index >= 15 is 0 Å². The maximum Gasteiger partial charge on any atom is 0.332 e. The molecule has 0 radical (unpaired) electrons. The van der Waals surface area contributed by atoms with Crippen molar-refractivity contribution in [1.82, 2.24) is 28.9 Å². The molecular weight excluding hydrogens is 366 g/mol. The number of benzene rings is 1. The van der Waals surface area contributed by atoms with Crippen molar-refractivity contribution in [2.45, 2.75) is 6.54 Å². The van der Waals surface area contributed by atoms with Gasteiger partial charge in [0.05, 0.1) is 23.2 Å². The zero-order valence-corrected chi connectivity index (χ0v) is 15.0. The minimum atomic E-state index is -0.461. The fraction of sp³-hybridized carbons (Fsp3) is 0.176. The number of hydrogen-bond acceptors (Lipinski definition) is 6. The van der Waals surface area contributed by atoms with Gasteiger partial charge in [0.25, 0.3) is 11.2 Å². The zero-order valence-electron chi connectivity index (χ0n) is 15.0. The van der Waals surface area contributed by atoms with E-state index in [9.17, 15) is 19.7 Å². The van der Waals surface area contributed by atoms with E-state index < -0.39 is 16.2 Å². The van der Waals surface area contributed by atoms with E-state index in [1.165, 1.54) is 23.7 Å². The lowest BCUT2D eigenvalue weighted by Gasteiger charge is -2.01. The molecule has 0 aliphatic heterocycles. The Balaban J connectivity index is 1.70. The van der Waals surface area contributed by atoms with Crippen molar-refractivity contribution in [3.05, 3.63) is 73.2 Å². The van der Waals surface area contributed by atoms with E-state index in [-0.39, 0.29) is 16.9 Å². The molecule has 0 fully saturated rings. The number of H-pyrrole nitrogens is 1. The average Bonchev–Trinajstić information content (AvgIpc) is 3.32. The van der Waals surface area contributed by atoms with Crippen LogP contribution in [0.15, 0.2) is 46.2 Å². The Hall–Kier alpha value is -4.02. The van der Waals surface area contributed by atoms with Gasteiger partial charge in [-0.05, 0) is 5.56 Å². The Labute approximate surface area is 156 Å². The molecule has 0 spiro atoms. The minimum absolute atomic E-state index is 0.0129. The van der Waals surface area contributed by atoms with Gasteiger partial charge >= 0.3 is 5.69 Å². The standard InChI is InChI=1S/C17H15N7O4/c1-21-15-13(16(25)22(2)17(21)26)19-14(20-15)11-7-18-23(9-11)8-10-4-3-5-12(6-10)24(27)28/h3-7,9H,8H2,1-2H3,(H,19,20). The SMILES string of the molecule is Cn1c(=O)c2[nH]c(-c3cnn(Cc4cccc([N+](=O)[O-])c4)c3)nc2n(C)c1=O. The first-order chi connectivity index (χ1) is 13.3. The third kappa shape index (κ3) is 2.78. The number of hydrogen-bond donors (Lipinski definition) is 1. The van der Waals surface area contributed by atoms with E-state index in [1.54, 1.807) is 36.3 Å². The maximum atomic E-state index is 12.3. The lowest BCUT2D eigenvalue weighted by molar-refractivity contribution is -0.384. The smallest absolute Gasteiger partial charge is 0.332 e. The number of aryl methyl sites for hydroxylation is 1. The van der Waals surface area contributed by atoms with Crippen LogP contribution in [-0.4, -0.2) is 33.8 Å². The van der Waals surface area contributed by atoms with Crippen LogP contribution in [0.5, 0.6) is 0 Å². The summed E-state index contributed by atoms with van der Waals surface area (Å²) in [7, 11) is 2.95. The lowest BCUT2D eigenvalue weighted by atomic mass is 10.2. The molecule has 1 N–H and O–H groups in total. The highest BCUT2D eigenvalue weighted by Gasteiger charge is 2.15. The third-order valence-electron chi connectivity index (χ3n) is 4.47. The summed E-state index contributed by atoms with van der Waals surface area (Å²) in [4.78, 5) is 42.1. The summed E-state index contributed by atoms with van der Waals surface area (Å²) >= 11 is 0. The molecule has 28 heavy (non-hydrogen) atoms. The first-order valence-electron chi connectivity index (χ1n) is 8.27. The molecule has 142 valence electrons. The van der Waals surface area contributed by atoms with E-state index in [1.807, 2.05) is 0 Å². The number of nitro benzene ring substituents is 1. The monoisotopic (exact) mass is 381 g/mol. The van der Waals surface area contributed by atoms with Crippen molar-refractivity contribution in [3.8, 4) is 11.4 Å². The van der Waals surface area contributed by atoms with Crippen molar-refractivity contribution in [1.29, 1.82) is 0 Å². The predicted octanol–water partition coefficient (Wildman–Crippen LogP) is 0.780. The molecule has 0 aliphatic rings.